The van der Waals surface area contributed by atoms with Crippen LogP contribution in [0.2, 0.25) is 0 Å². The lowest BCUT2D eigenvalue weighted by molar-refractivity contribution is 0.0773. The van der Waals surface area contributed by atoms with Crippen LogP contribution in [0.15, 0.2) is 53.5 Å². The molecule has 0 aliphatic rings. The number of carbonyl (C=O) groups excluding carboxylic acids is 1. The molecule has 2 N–H and O–H groups in total. The summed E-state index contributed by atoms with van der Waals surface area (Å²) in [7, 11) is 0. The van der Waals surface area contributed by atoms with Crippen molar-refractivity contribution in [3.63, 3.8) is 0 Å². The molecule has 150 valence electrons. The fraction of sp³-hybridized carbons (Fsp3) is 0.364. The average molecular weight is 384 g/mol. The Bertz CT molecular complexity index is 768. The first-order valence-corrected chi connectivity index (χ1v) is 9.72. The first-order valence-electron chi connectivity index (χ1n) is 9.72. The predicted molar refractivity (Wildman–Crippen MR) is 112 cm³/mol. The van der Waals surface area contributed by atoms with Gasteiger partial charge in [-0.05, 0) is 56.2 Å². The second kappa shape index (κ2) is 11.1. The molecule has 0 atom stereocenters. The van der Waals surface area contributed by atoms with Crippen LogP contribution in [0.5, 0.6) is 0 Å². The van der Waals surface area contributed by atoms with Crippen molar-refractivity contribution < 1.29 is 9.18 Å². The van der Waals surface area contributed by atoms with Crippen LogP contribution in [0, 0.1) is 5.82 Å². The molecule has 0 bridgehead atoms. The molecule has 0 fully saturated rings. The van der Waals surface area contributed by atoms with E-state index in [1.165, 1.54) is 12.1 Å². The van der Waals surface area contributed by atoms with Crippen molar-refractivity contribution >= 4 is 11.9 Å². The Hall–Kier alpha value is -2.89. The van der Waals surface area contributed by atoms with Gasteiger partial charge in [0.15, 0.2) is 5.96 Å². The molecule has 0 saturated carbocycles. The largest absolute Gasteiger partial charge is 0.357 e. The SMILES string of the molecule is CCNC(=NCc1ccc(C(=O)N(CC)CC)cc1)NCc1ccc(F)cc1. The second-order valence-electron chi connectivity index (χ2n) is 6.35. The fourth-order valence-electron chi connectivity index (χ4n) is 2.75. The minimum absolute atomic E-state index is 0.0503. The Labute approximate surface area is 166 Å². The lowest BCUT2D eigenvalue weighted by Gasteiger charge is -2.18. The minimum atomic E-state index is -0.243. The summed E-state index contributed by atoms with van der Waals surface area (Å²) in [6.45, 7) is 9.16. The summed E-state index contributed by atoms with van der Waals surface area (Å²) in [5.41, 5.74) is 2.69. The van der Waals surface area contributed by atoms with Crippen LogP contribution in [-0.4, -0.2) is 36.4 Å². The van der Waals surface area contributed by atoms with Gasteiger partial charge in [-0.3, -0.25) is 4.79 Å². The fourth-order valence-corrected chi connectivity index (χ4v) is 2.75. The number of halogens is 1. The summed E-state index contributed by atoms with van der Waals surface area (Å²) < 4.78 is 13.0. The van der Waals surface area contributed by atoms with E-state index in [1.54, 1.807) is 17.0 Å². The Morgan fingerprint density at radius 2 is 1.54 bits per heavy atom. The van der Waals surface area contributed by atoms with Crippen molar-refractivity contribution in [3.8, 4) is 0 Å². The molecule has 2 aromatic rings. The summed E-state index contributed by atoms with van der Waals surface area (Å²) in [4.78, 5) is 18.8. The lowest BCUT2D eigenvalue weighted by Crippen LogP contribution is -2.36. The van der Waals surface area contributed by atoms with Crippen LogP contribution in [0.4, 0.5) is 4.39 Å². The van der Waals surface area contributed by atoms with Gasteiger partial charge in [0.2, 0.25) is 0 Å². The van der Waals surface area contributed by atoms with Crippen LogP contribution >= 0.6 is 0 Å². The number of hydrogen-bond acceptors (Lipinski definition) is 2. The Kier molecular flexibility index (Phi) is 8.46. The van der Waals surface area contributed by atoms with E-state index in [1.807, 2.05) is 45.0 Å². The number of amides is 1. The normalized spacial score (nSPS) is 11.2. The lowest BCUT2D eigenvalue weighted by atomic mass is 10.1. The van der Waals surface area contributed by atoms with Crippen molar-refractivity contribution in [2.45, 2.75) is 33.9 Å². The average Bonchev–Trinajstić information content (AvgIpc) is 2.72. The third kappa shape index (κ3) is 6.37. The molecule has 1 amide bonds. The van der Waals surface area contributed by atoms with Crippen molar-refractivity contribution in [1.29, 1.82) is 0 Å². The number of benzene rings is 2. The van der Waals surface area contributed by atoms with Gasteiger partial charge in [0.1, 0.15) is 5.82 Å². The van der Waals surface area contributed by atoms with Crippen LogP contribution in [0.1, 0.15) is 42.3 Å². The highest BCUT2D eigenvalue weighted by molar-refractivity contribution is 5.94. The molecule has 28 heavy (non-hydrogen) atoms. The van der Waals surface area contributed by atoms with Gasteiger partial charge in [0.25, 0.3) is 5.91 Å². The molecule has 0 aliphatic carbocycles. The van der Waals surface area contributed by atoms with Crippen LogP contribution in [0.3, 0.4) is 0 Å². The number of carbonyl (C=O) groups is 1. The quantitative estimate of drug-likeness (QED) is 0.540. The minimum Gasteiger partial charge on any atom is -0.357 e. The first-order chi connectivity index (χ1) is 13.6. The maximum absolute atomic E-state index is 13.0. The Balaban J connectivity index is 1.97. The molecular weight excluding hydrogens is 355 g/mol. The molecule has 0 saturated heterocycles. The van der Waals surface area contributed by atoms with Gasteiger partial charge >= 0.3 is 0 Å². The molecule has 6 heteroatoms. The van der Waals surface area contributed by atoms with E-state index in [-0.39, 0.29) is 11.7 Å². The molecule has 2 aromatic carbocycles. The van der Waals surface area contributed by atoms with E-state index in [0.29, 0.717) is 37.7 Å². The van der Waals surface area contributed by atoms with Crippen LogP contribution < -0.4 is 10.6 Å². The number of rotatable bonds is 8. The van der Waals surface area contributed by atoms with Crippen molar-refractivity contribution in [1.82, 2.24) is 15.5 Å². The Morgan fingerprint density at radius 3 is 2.11 bits per heavy atom. The number of aliphatic imine (C=N–C) groups is 1. The summed E-state index contributed by atoms with van der Waals surface area (Å²) >= 11 is 0. The molecule has 0 unspecified atom stereocenters. The number of nitrogens with one attached hydrogen (secondary N) is 2. The highest BCUT2D eigenvalue weighted by Crippen LogP contribution is 2.09. The molecule has 0 aromatic heterocycles. The zero-order chi connectivity index (χ0) is 20.4. The molecule has 5 nitrogen and oxygen atoms in total. The van der Waals surface area contributed by atoms with Crippen molar-refractivity contribution in [3.05, 3.63) is 71.0 Å². The maximum atomic E-state index is 13.0. The van der Waals surface area contributed by atoms with E-state index >= 15 is 0 Å². The standard InChI is InChI=1S/C22H29FN4O/c1-4-24-22(26-16-18-9-13-20(23)14-10-18)25-15-17-7-11-19(12-8-17)21(28)27(5-2)6-3/h7-14H,4-6,15-16H2,1-3H3,(H2,24,25,26). The first kappa shape index (κ1) is 21.4. The monoisotopic (exact) mass is 384 g/mol. The molecule has 0 aliphatic heterocycles. The van der Waals surface area contributed by atoms with E-state index in [4.69, 9.17) is 0 Å². The zero-order valence-corrected chi connectivity index (χ0v) is 16.8. The van der Waals surface area contributed by atoms with Gasteiger partial charge in [-0.25, -0.2) is 9.38 Å². The van der Waals surface area contributed by atoms with E-state index < -0.39 is 0 Å². The van der Waals surface area contributed by atoms with Gasteiger partial charge in [-0.2, -0.15) is 0 Å². The summed E-state index contributed by atoms with van der Waals surface area (Å²) in [6.07, 6.45) is 0. The van der Waals surface area contributed by atoms with Gasteiger partial charge in [0.05, 0.1) is 6.54 Å². The maximum Gasteiger partial charge on any atom is 0.253 e. The van der Waals surface area contributed by atoms with Gasteiger partial charge < -0.3 is 15.5 Å². The van der Waals surface area contributed by atoms with E-state index in [9.17, 15) is 9.18 Å². The summed E-state index contributed by atoms with van der Waals surface area (Å²) in [5.74, 6) is 0.497. The molecule has 0 spiro atoms. The zero-order valence-electron chi connectivity index (χ0n) is 16.8. The third-order valence-electron chi connectivity index (χ3n) is 4.39. The van der Waals surface area contributed by atoms with Gasteiger partial charge in [-0.1, -0.05) is 24.3 Å². The van der Waals surface area contributed by atoms with Crippen LogP contribution in [-0.2, 0) is 13.1 Å². The Morgan fingerprint density at radius 1 is 0.929 bits per heavy atom. The van der Waals surface area contributed by atoms with E-state index in [0.717, 1.165) is 17.7 Å². The molecule has 0 radical (unpaired) electrons. The third-order valence-corrected chi connectivity index (χ3v) is 4.39. The summed E-state index contributed by atoms with van der Waals surface area (Å²) in [6, 6.07) is 14.0. The van der Waals surface area contributed by atoms with Gasteiger partial charge in [-0.15, -0.1) is 0 Å². The summed E-state index contributed by atoms with van der Waals surface area (Å²) in [5, 5.41) is 6.44. The predicted octanol–water partition coefficient (Wildman–Crippen LogP) is 3.56. The van der Waals surface area contributed by atoms with Crippen molar-refractivity contribution in [2.75, 3.05) is 19.6 Å². The second-order valence-corrected chi connectivity index (χ2v) is 6.35. The van der Waals surface area contributed by atoms with Crippen molar-refractivity contribution in [2.24, 2.45) is 4.99 Å². The molecular formula is C22H29FN4O. The number of hydrogen-bond donors (Lipinski definition) is 2. The van der Waals surface area contributed by atoms with Gasteiger partial charge in [0, 0.05) is 31.7 Å². The highest BCUT2D eigenvalue weighted by atomic mass is 19.1. The topological polar surface area (TPSA) is 56.7 Å². The smallest absolute Gasteiger partial charge is 0.253 e. The number of guanidine groups is 1. The molecule has 0 heterocycles. The highest BCUT2D eigenvalue weighted by Gasteiger charge is 2.11. The number of nitrogens with zero attached hydrogens (tertiary/aromatic N) is 2. The molecule has 2 rings (SSSR count). The van der Waals surface area contributed by atoms with Crippen LogP contribution in [0.25, 0.3) is 0 Å². The van der Waals surface area contributed by atoms with E-state index in [2.05, 4.69) is 15.6 Å².